The molecule has 0 radical (unpaired) electrons. The molecule has 16 heteroatoms. The quantitative estimate of drug-likeness (QED) is 0.102. The molecular formula is C44H50F2O14. The van der Waals surface area contributed by atoms with Gasteiger partial charge in [-0.2, -0.15) is 0 Å². The summed E-state index contributed by atoms with van der Waals surface area (Å²) in [4.78, 5) is 0. The van der Waals surface area contributed by atoms with Crippen LogP contribution >= 0.6 is 0 Å². The lowest BCUT2D eigenvalue weighted by Gasteiger charge is -2.46. The van der Waals surface area contributed by atoms with Crippen molar-refractivity contribution in [1.29, 1.82) is 0 Å². The summed E-state index contributed by atoms with van der Waals surface area (Å²) in [7, 11) is 0. The van der Waals surface area contributed by atoms with Crippen molar-refractivity contribution in [3.05, 3.63) is 130 Å². The van der Waals surface area contributed by atoms with Crippen LogP contribution in [0.5, 0.6) is 11.5 Å². The predicted molar refractivity (Wildman–Crippen MR) is 207 cm³/mol. The van der Waals surface area contributed by atoms with Crippen LogP contribution in [0.25, 0.3) is 0 Å². The van der Waals surface area contributed by atoms with Crippen LogP contribution in [0, 0.1) is 11.6 Å². The molecule has 0 saturated carbocycles. The third-order valence-electron chi connectivity index (χ3n) is 11.6. The maximum absolute atomic E-state index is 14.5. The molecule has 4 fully saturated rings. The number of hydrogen-bond donors (Lipinski definition) is 8. The molecule has 4 aliphatic heterocycles. The highest BCUT2D eigenvalue weighted by atomic mass is 19.1. The van der Waals surface area contributed by atoms with Gasteiger partial charge >= 0.3 is 0 Å². The Kier molecular flexibility index (Phi) is 12.7. The molecule has 324 valence electrons. The van der Waals surface area contributed by atoms with Gasteiger partial charge in [-0.3, -0.25) is 0 Å². The van der Waals surface area contributed by atoms with Crippen LogP contribution in [0.1, 0.15) is 47.2 Å². The zero-order valence-electron chi connectivity index (χ0n) is 33.0. The van der Waals surface area contributed by atoms with E-state index in [1.54, 1.807) is 24.3 Å². The van der Waals surface area contributed by atoms with E-state index < -0.39 is 84.2 Å². The van der Waals surface area contributed by atoms with Crippen molar-refractivity contribution in [2.24, 2.45) is 0 Å². The second kappa shape index (κ2) is 17.3. The first kappa shape index (κ1) is 43.9. The van der Waals surface area contributed by atoms with E-state index in [1.165, 1.54) is 36.4 Å². The first-order valence-electron chi connectivity index (χ1n) is 19.7. The Labute approximate surface area is 344 Å². The minimum atomic E-state index is -1.82. The molecule has 4 heterocycles. The van der Waals surface area contributed by atoms with Crippen molar-refractivity contribution in [2.75, 3.05) is 39.6 Å². The van der Waals surface area contributed by atoms with Crippen molar-refractivity contribution in [2.45, 2.75) is 86.1 Å². The predicted octanol–water partition coefficient (Wildman–Crippen LogP) is 1.68. The zero-order chi connectivity index (χ0) is 43.0. The molecule has 0 spiro atoms. The molecule has 4 aromatic rings. The first-order chi connectivity index (χ1) is 28.7. The average Bonchev–Trinajstić information content (AvgIpc) is 3.84. The van der Waals surface area contributed by atoms with Crippen molar-refractivity contribution < 1.29 is 78.1 Å². The summed E-state index contributed by atoms with van der Waals surface area (Å²) in [5.74, 6) is -3.07. The number of hydrogen-bond acceptors (Lipinski definition) is 14. The Bertz CT molecular complexity index is 1960. The summed E-state index contributed by atoms with van der Waals surface area (Å²) in [6, 6.07) is 22.9. The number of aliphatic hydroxyl groups excluding tert-OH is 8. The smallest absolute Gasteiger partial charge is 0.225 e. The van der Waals surface area contributed by atoms with Crippen LogP contribution in [-0.2, 0) is 43.4 Å². The van der Waals surface area contributed by atoms with Gasteiger partial charge in [-0.15, -0.1) is 0 Å². The Hall–Kier alpha value is -4.14. The fraction of sp³-hybridized carbons (Fsp3) is 0.455. The maximum Gasteiger partial charge on any atom is 0.225 e. The topological polar surface area (TPSA) is 217 Å². The minimum absolute atomic E-state index is 0.232. The third kappa shape index (κ3) is 7.69. The van der Waals surface area contributed by atoms with Gasteiger partial charge in [-0.1, -0.05) is 36.4 Å². The molecule has 0 amide bonds. The van der Waals surface area contributed by atoms with Gasteiger partial charge in [0, 0.05) is 24.0 Å². The fourth-order valence-electron chi connectivity index (χ4n) is 8.18. The molecule has 60 heavy (non-hydrogen) atoms. The second-order valence-corrected chi connectivity index (χ2v) is 15.4. The van der Waals surface area contributed by atoms with Crippen molar-refractivity contribution in [3.63, 3.8) is 0 Å². The highest BCUT2D eigenvalue weighted by molar-refractivity contribution is 5.38. The molecule has 8 N–H and O–H groups in total. The lowest BCUT2D eigenvalue weighted by atomic mass is 9.83. The van der Waals surface area contributed by atoms with E-state index in [1.807, 2.05) is 38.1 Å². The maximum atomic E-state index is 14.5. The van der Waals surface area contributed by atoms with Crippen molar-refractivity contribution in [3.8, 4) is 11.5 Å². The van der Waals surface area contributed by atoms with Gasteiger partial charge in [0.15, 0.2) is 0 Å². The highest BCUT2D eigenvalue weighted by Gasteiger charge is 2.68. The molecule has 0 aromatic heterocycles. The highest BCUT2D eigenvalue weighted by Crippen LogP contribution is 2.51. The van der Waals surface area contributed by atoms with Crippen molar-refractivity contribution >= 4 is 0 Å². The molecule has 0 aliphatic carbocycles. The molecule has 4 aliphatic rings. The van der Waals surface area contributed by atoms with E-state index in [0.29, 0.717) is 35.5 Å². The first-order valence-corrected chi connectivity index (χ1v) is 19.7. The van der Waals surface area contributed by atoms with Crippen LogP contribution in [-0.4, -0.2) is 128 Å². The van der Waals surface area contributed by atoms with Gasteiger partial charge in [0.2, 0.25) is 11.6 Å². The van der Waals surface area contributed by atoms with Gasteiger partial charge in [-0.05, 0) is 84.6 Å². The summed E-state index contributed by atoms with van der Waals surface area (Å²) in [6.07, 6.45) is -8.98. The molecular weight excluding hydrogens is 790 g/mol. The normalized spacial score (nSPS) is 32.9. The summed E-state index contributed by atoms with van der Waals surface area (Å²) in [5, 5.41) is 81.9. The molecule has 0 unspecified atom stereocenters. The Balaban J connectivity index is 0.000000181. The van der Waals surface area contributed by atoms with Crippen LogP contribution < -0.4 is 9.47 Å². The van der Waals surface area contributed by atoms with Gasteiger partial charge in [0.05, 0.1) is 39.6 Å². The molecule has 4 bridgehead atoms. The average molecular weight is 841 g/mol. The largest absolute Gasteiger partial charge is 0.494 e. The third-order valence-corrected chi connectivity index (χ3v) is 11.6. The summed E-state index contributed by atoms with van der Waals surface area (Å²) in [6.45, 7) is 3.20. The molecule has 14 nitrogen and oxygen atoms in total. The molecule has 10 atom stereocenters. The Morgan fingerprint density at radius 3 is 1.25 bits per heavy atom. The van der Waals surface area contributed by atoms with E-state index in [0.717, 1.165) is 22.6 Å². The van der Waals surface area contributed by atoms with Crippen LogP contribution in [0.4, 0.5) is 8.78 Å². The van der Waals surface area contributed by atoms with Crippen LogP contribution in [0.3, 0.4) is 0 Å². The molecule has 4 saturated heterocycles. The SMILES string of the molecule is CCOc1ccc(Cc2cc([C@]34OC[C@](CO)(O3)[C@@H](O)[C@H](O)[C@@H]4O)ccc2F)cc1.CCOc1ccc(Cc2cc([C@]34OC[C@](CO)(O3)[C@@H](O)[C@H](O)[C@H]4O)ccc2F)cc1. The number of rotatable bonds is 12. The van der Waals surface area contributed by atoms with Gasteiger partial charge in [-0.25, -0.2) is 8.78 Å². The lowest BCUT2D eigenvalue weighted by molar-refractivity contribution is -0.329. The van der Waals surface area contributed by atoms with E-state index >= 15 is 0 Å². The van der Waals surface area contributed by atoms with E-state index in [2.05, 4.69) is 0 Å². The van der Waals surface area contributed by atoms with Crippen LogP contribution in [0.2, 0.25) is 0 Å². The number of ether oxygens (including phenoxy) is 6. The molecule has 4 aromatic carbocycles. The van der Waals surface area contributed by atoms with Gasteiger partial charge in [0.1, 0.15) is 71.0 Å². The monoisotopic (exact) mass is 840 g/mol. The summed E-state index contributed by atoms with van der Waals surface area (Å²) < 4.78 is 62.9. The van der Waals surface area contributed by atoms with Crippen LogP contribution in [0.15, 0.2) is 84.9 Å². The zero-order valence-corrected chi connectivity index (χ0v) is 33.0. The summed E-state index contributed by atoms with van der Waals surface area (Å²) in [5.41, 5.74) is -0.170. The van der Waals surface area contributed by atoms with E-state index in [4.69, 9.17) is 28.4 Å². The van der Waals surface area contributed by atoms with E-state index in [-0.39, 0.29) is 26.1 Å². The van der Waals surface area contributed by atoms with Gasteiger partial charge in [0.25, 0.3) is 0 Å². The number of aliphatic hydroxyl groups is 8. The summed E-state index contributed by atoms with van der Waals surface area (Å²) >= 11 is 0. The minimum Gasteiger partial charge on any atom is -0.494 e. The number of fused-ring (bicyclic) bond motifs is 4. The molecule has 8 rings (SSSR count). The fourth-order valence-corrected chi connectivity index (χ4v) is 8.18. The van der Waals surface area contributed by atoms with E-state index in [9.17, 15) is 49.6 Å². The standard InChI is InChI=1S/2C22H25FO7/c2*1-2-28-16-6-3-13(4-7-16)9-14-10-15(5-8-17(14)23)22-20(27)18(25)19(26)21(11-24,30-22)12-29-22/h2*3-8,10,18-20,24-27H,2,9,11-12H2,1H3/t18-,19-,20+,21-,22-;18-,19-,20-,21-,22-/m00/s1. The second-order valence-electron chi connectivity index (χ2n) is 15.4. The number of halogens is 2. The Morgan fingerprint density at radius 2 is 0.917 bits per heavy atom. The van der Waals surface area contributed by atoms with Gasteiger partial charge < -0.3 is 69.3 Å². The Morgan fingerprint density at radius 1 is 0.550 bits per heavy atom. The number of benzene rings is 4. The van der Waals surface area contributed by atoms with Crippen molar-refractivity contribution in [1.82, 2.24) is 0 Å². The lowest BCUT2D eigenvalue weighted by Crippen LogP contribution is -2.65.